The molecule has 1 saturated heterocycles. The zero-order valence-corrected chi connectivity index (χ0v) is 8.16. The molecule has 1 atom stereocenters. The lowest BCUT2D eigenvalue weighted by Crippen LogP contribution is -2.27. The van der Waals surface area contributed by atoms with Crippen LogP contribution in [0.5, 0.6) is 0 Å². The number of nitro benzene ring substituents is 1. The molecular weight excluding hydrogens is 214 g/mol. The first-order valence-corrected chi connectivity index (χ1v) is 4.59. The Morgan fingerprint density at radius 3 is 2.75 bits per heavy atom. The van der Waals surface area contributed by atoms with Crippen LogP contribution in [0, 0.1) is 10.1 Å². The predicted molar refractivity (Wildman–Crippen MR) is 52.5 cm³/mol. The smallest absolute Gasteiger partial charge is 0.276 e. The van der Waals surface area contributed by atoms with E-state index in [2.05, 4.69) is 5.32 Å². The van der Waals surface area contributed by atoms with E-state index in [1.807, 2.05) is 0 Å². The van der Waals surface area contributed by atoms with Gasteiger partial charge in [-0.1, -0.05) is 12.1 Å². The lowest BCUT2D eigenvalue weighted by atomic mass is 10.1. The molecule has 1 aliphatic heterocycles. The number of carbonyl (C=O) groups excluding carboxylic acids is 1. The van der Waals surface area contributed by atoms with E-state index in [1.165, 1.54) is 18.2 Å². The average Bonchev–Trinajstić information content (AvgIpc) is 2.60. The van der Waals surface area contributed by atoms with Crippen molar-refractivity contribution in [1.82, 2.24) is 10.4 Å². The van der Waals surface area contributed by atoms with E-state index in [0.717, 1.165) is 0 Å². The van der Waals surface area contributed by atoms with Crippen molar-refractivity contribution >= 4 is 11.6 Å². The number of carbonyl (C=O) groups is 1. The second-order valence-electron chi connectivity index (χ2n) is 3.34. The number of hydrogen-bond donors (Lipinski definition) is 2. The maximum absolute atomic E-state index is 11.1. The van der Waals surface area contributed by atoms with E-state index in [0.29, 0.717) is 5.06 Å². The molecule has 0 aromatic heterocycles. The minimum absolute atomic E-state index is 0.0345. The van der Waals surface area contributed by atoms with Gasteiger partial charge in [0.15, 0.2) is 0 Å². The van der Waals surface area contributed by atoms with Crippen molar-refractivity contribution in [3.05, 3.63) is 39.9 Å². The van der Waals surface area contributed by atoms with Gasteiger partial charge in [-0.05, 0) is 6.07 Å². The molecule has 0 unspecified atom stereocenters. The van der Waals surface area contributed by atoms with Gasteiger partial charge in [-0.2, -0.15) is 0 Å². The van der Waals surface area contributed by atoms with Crippen LogP contribution in [0.3, 0.4) is 0 Å². The Labute approximate surface area is 90.4 Å². The molecule has 7 nitrogen and oxygen atoms in total. The third kappa shape index (κ3) is 1.62. The fourth-order valence-corrected chi connectivity index (χ4v) is 1.62. The van der Waals surface area contributed by atoms with Crippen LogP contribution >= 0.6 is 0 Å². The zero-order chi connectivity index (χ0) is 11.7. The number of benzene rings is 1. The summed E-state index contributed by atoms with van der Waals surface area (Å²) in [5.41, 5.74) is 0.134. The maximum atomic E-state index is 11.1. The minimum atomic E-state index is -0.853. The van der Waals surface area contributed by atoms with Gasteiger partial charge >= 0.3 is 0 Å². The second kappa shape index (κ2) is 3.87. The number of nitro groups is 1. The first-order chi connectivity index (χ1) is 7.61. The highest BCUT2D eigenvalue weighted by molar-refractivity contribution is 5.79. The zero-order valence-electron chi connectivity index (χ0n) is 8.16. The summed E-state index contributed by atoms with van der Waals surface area (Å²) in [7, 11) is 0. The monoisotopic (exact) mass is 223 g/mol. The molecule has 1 aromatic carbocycles. The standard InChI is InChI=1S/C9H9N3O4/c13-8-5-10-9(11(8)14)6-3-1-2-4-7(6)12(15)16/h1-4,9-10,14H,5H2/t9-/m0/s1. The molecule has 7 heteroatoms. The van der Waals surface area contributed by atoms with E-state index in [4.69, 9.17) is 0 Å². The summed E-state index contributed by atoms with van der Waals surface area (Å²) in [5, 5.41) is 23.3. The van der Waals surface area contributed by atoms with Crippen molar-refractivity contribution in [2.45, 2.75) is 6.17 Å². The Morgan fingerprint density at radius 2 is 2.19 bits per heavy atom. The number of hydrogen-bond acceptors (Lipinski definition) is 5. The second-order valence-corrected chi connectivity index (χ2v) is 3.34. The molecule has 2 N–H and O–H groups in total. The van der Waals surface area contributed by atoms with E-state index in [1.54, 1.807) is 6.07 Å². The number of amides is 1. The van der Waals surface area contributed by atoms with Crippen molar-refractivity contribution in [3.63, 3.8) is 0 Å². The van der Waals surface area contributed by atoms with E-state index in [-0.39, 0.29) is 17.8 Å². The van der Waals surface area contributed by atoms with Gasteiger partial charge in [0.05, 0.1) is 17.0 Å². The summed E-state index contributed by atoms with van der Waals surface area (Å²) in [4.78, 5) is 21.3. The van der Waals surface area contributed by atoms with Crippen LogP contribution in [0.15, 0.2) is 24.3 Å². The van der Waals surface area contributed by atoms with Gasteiger partial charge in [0.1, 0.15) is 6.17 Å². The lowest BCUT2D eigenvalue weighted by Gasteiger charge is -2.17. The minimum Gasteiger partial charge on any atom is -0.284 e. The summed E-state index contributed by atoms with van der Waals surface area (Å²) in [5.74, 6) is -0.511. The SMILES string of the molecule is O=C1CN[C@H](c2ccccc2[N+](=O)[O-])N1O. The number of nitrogens with one attached hydrogen (secondary N) is 1. The molecule has 1 aromatic rings. The Hall–Kier alpha value is -1.99. The first-order valence-electron chi connectivity index (χ1n) is 4.59. The van der Waals surface area contributed by atoms with Gasteiger partial charge < -0.3 is 0 Å². The number of rotatable bonds is 2. The summed E-state index contributed by atoms with van der Waals surface area (Å²) < 4.78 is 0. The van der Waals surface area contributed by atoms with Crippen LogP contribution in [-0.2, 0) is 4.79 Å². The Morgan fingerprint density at radius 1 is 1.50 bits per heavy atom. The van der Waals surface area contributed by atoms with Gasteiger partial charge in [0.25, 0.3) is 11.6 Å². The van der Waals surface area contributed by atoms with Gasteiger partial charge in [0.2, 0.25) is 0 Å². The Kier molecular flexibility index (Phi) is 2.55. The highest BCUT2D eigenvalue weighted by atomic mass is 16.6. The van der Waals surface area contributed by atoms with Crippen LogP contribution in [0.4, 0.5) is 5.69 Å². The molecule has 1 aliphatic rings. The largest absolute Gasteiger partial charge is 0.284 e. The topological polar surface area (TPSA) is 95.7 Å². The number of hydroxylamine groups is 2. The number of nitrogens with zero attached hydrogens (tertiary/aromatic N) is 2. The summed E-state index contributed by atoms with van der Waals surface area (Å²) in [6.07, 6.45) is -0.853. The first kappa shape index (κ1) is 10.5. The molecule has 0 bridgehead atoms. The molecule has 16 heavy (non-hydrogen) atoms. The van der Waals surface area contributed by atoms with Gasteiger partial charge in [-0.15, -0.1) is 0 Å². The average molecular weight is 223 g/mol. The molecule has 0 radical (unpaired) electrons. The van der Waals surface area contributed by atoms with Crippen molar-refractivity contribution in [3.8, 4) is 0 Å². The summed E-state index contributed by atoms with van der Waals surface area (Å²) in [6.45, 7) is -0.0345. The molecule has 1 heterocycles. The van der Waals surface area contributed by atoms with Crippen molar-refractivity contribution in [2.24, 2.45) is 0 Å². The normalized spacial score (nSPS) is 20.2. The summed E-state index contributed by atoms with van der Waals surface area (Å²) >= 11 is 0. The third-order valence-corrected chi connectivity index (χ3v) is 2.37. The van der Waals surface area contributed by atoms with Crippen LogP contribution in [0.1, 0.15) is 11.7 Å². The molecule has 1 fully saturated rings. The van der Waals surface area contributed by atoms with Crippen molar-refractivity contribution in [2.75, 3.05) is 6.54 Å². The maximum Gasteiger partial charge on any atom is 0.276 e. The molecular formula is C9H9N3O4. The van der Waals surface area contributed by atoms with Crippen molar-refractivity contribution < 1.29 is 14.9 Å². The predicted octanol–water partition coefficient (Wildman–Crippen LogP) is 0.414. The fourth-order valence-electron chi connectivity index (χ4n) is 1.62. The molecule has 0 aliphatic carbocycles. The molecule has 84 valence electrons. The Bertz CT molecular complexity index is 448. The Balaban J connectivity index is 2.41. The van der Waals surface area contributed by atoms with Crippen LogP contribution < -0.4 is 5.32 Å². The van der Waals surface area contributed by atoms with E-state index < -0.39 is 17.0 Å². The van der Waals surface area contributed by atoms with Crippen LogP contribution in [0.25, 0.3) is 0 Å². The van der Waals surface area contributed by atoms with Gasteiger partial charge in [-0.25, -0.2) is 5.06 Å². The quantitative estimate of drug-likeness (QED) is 0.430. The molecule has 0 spiro atoms. The van der Waals surface area contributed by atoms with E-state index >= 15 is 0 Å². The van der Waals surface area contributed by atoms with E-state index in [9.17, 15) is 20.1 Å². The van der Waals surface area contributed by atoms with Gasteiger partial charge in [-0.3, -0.25) is 25.4 Å². The van der Waals surface area contributed by atoms with Crippen LogP contribution in [0.2, 0.25) is 0 Å². The molecule has 0 saturated carbocycles. The number of para-hydroxylation sites is 1. The van der Waals surface area contributed by atoms with Gasteiger partial charge in [0, 0.05) is 6.07 Å². The van der Waals surface area contributed by atoms with Crippen LogP contribution in [-0.4, -0.2) is 27.6 Å². The molecule has 1 amide bonds. The third-order valence-electron chi connectivity index (χ3n) is 2.37. The summed E-state index contributed by atoms with van der Waals surface area (Å²) in [6, 6.07) is 5.96. The molecule has 2 rings (SSSR count). The highest BCUT2D eigenvalue weighted by Crippen LogP contribution is 2.28. The van der Waals surface area contributed by atoms with Crippen molar-refractivity contribution in [1.29, 1.82) is 0 Å². The fraction of sp³-hybridized carbons (Fsp3) is 0.222. The highest BCUT2D eigenvalue weighted by Gasteiger charge is 2.34. The lowest BCUT2D eigenvalue weighted by molar-refractivity contribution is -0.386.